The minimum atomic E-state index is -0.791. The van der Waals surface area contributed by atoms with Crippen molar-refractivity contribution in [3.05, 3.63) is 87.5 Å². The van der Waals surface area contributed by atoms with E-state index in [4.69, 9.17) is 25.7 Å². The third-order valence-electron chi connectivity index (χ3n) is 9.91. The zero-order chi connectivity index (χ0) is 38.5. The molecule has 0 bridgehead atoms. The number of aromatic nitrogens is 3. The fourth-order valence-electron chi connectivity index (χ4n) is 7.20. The topological polar surface area (TPSA) is 167 Å². The number of amides is 2. The monoisotopic (exact) mass is 749 g/mol. The van der Waals surface area contributed by atoms with Gasteiger partial charge in [0.1, 0.15) is 17.2 Å². The van der Waals surface area contributed by atoms with Gasteiger partial charge in [0.15, 0.2) is 11.4 Å². The van der Waals surface area contributed by atoms with Gasteiger partial charge in [0.25, 0.3) is 5.91 Å². The number of carbonyl (C=O) groups is 3. The molecule has 2 N–H and O–H groups in total. The molecule has 0 radical (unpaired) electrons. The second-order valence-corrected chi connectivity index (χ2v) is 15.2. The molecular formula is C40H40ClN7O6. The fourth-order valence-corrected chi connectivity index (χ4v) is 7.48. The van der Waals surface area contributed by atoms with E-state index in [0.717, 1.165) is 22.4 Å². The summed E-state index contributed by atoms with van der Waals surface area (Å²) in [5.74, 6) is -1.08. The van der Waals surface area contributed by atoms with Gasteiger partial charge in [0.2, 0.25) is 5.89 Å². The quantitative estimate of drug-likeness (QED) is 0.174. The van der Waals surface area contributed by atoms with Crippen LogP contribution in [0, 0.1) is 24.2 Å². The molecule has 0 spiro atoms. The van der Waals surface area contributed by atoms with Crippen molar-refractivity contribution < 1.29 is 28.6 Å². The third kappa shape index (κ3) is 7.14. The fraction of sp³-hybridized carbons (Fsp3) is 0.350. The van der Waals surface area contributed by atoms with Crippen LogP contribution >= 0.6 is 11.6 Å². The summed E-state index contributed by atoms with van der Waals surface area (Å²) < 4.78 is 13.5. The number of rotatable bonds is 7. The largest absolute Gasteiger partial charge is 0.481 e. The van der Waals surface area contributed by atoms with Crippen LogP contribution in [0.15, 0.2) is 52.9 Å². The van der Waals surface area contributed by atoms with Crippen molar-refractivity contribution in [2.45, 2.75) is 59.2 Å². The molecule has 0 saturated carbocycles. The standard InChI is InChI=1S/C40H40ClN7O6/c1-22-26(8-6-9-27(22)37-45-30-17-23(16-25(18-42)34(30)53-37)19-47-14-12-24(20-47)38(50)51)28-10-7-11-29(33(28)41)44-36(49)35-43-31-21-48(15-13-32(31)46(35)5)39(52)54-40(2,3)4/h6-11,16-17,24H,12-15,19-21H2,1-5H3,(H,44,49)(H,50,51). The van der Waals surface area contributed by atoms with Crippen molar-refractivity contribution in [2.75, 3.05) is 25.0 Å². The molecule has 0 aliphatic carbocycles. The number of likely N-dealkylation sites (tertiary alicyclic amines) is 1. The maximum absolute atomic E-state index is 13.6. The normalized spacial score (nSPS) is 15.9. The first-order valence-corrected chi connectivity index (χ1v) is 18.1. The lowest BCUT2D eigenvalue weighted by atomic mass is 9.96. The van der Waals surface area contributed by atoms with Gasteiger partial charge in [-0.2, -0.15) is 5.26 Å². The molecule has 3 aromatic carbocycles. The number of hydrogen-bond acceptors (Lipinski definition) is 9. The summed E-state index contributed by atoms with van der Waals surface area (Å²) >= 11 is 7.00. The highest BCUT2D eigenvalue weighted by Gasteiger charge is 2.31. The summed E-state index contributed by atoms with van der Waals surface area (Å²) in [6.45, 7) is 9.72. The molecule has 13 nitrogen and oxygen atoms in total. The van der Waals surface area contributed by atoms with Crippen LogP contribution in [0.2, 0.25) is 5.02 Å². The lowest BCUT2D eigenvalue weighted by Crippen LogP contribution is -2.40. The Hall–Kier alpha value is -5.71. The minimum Gasteiger partial charge on any atom is -0.481 e. The van der Waals surface area contributed by atoms with Gasteiger partial charge < -0.3 is 29.0 Å². The highest BCUT2D eigenvalue weighted by molar-refractivity contribution is 6.36. The number of nitrogens with zero attached hydrogens (tertiary/aromatic N) is 6. The molecule has 2 amide bonds. The van der Waals surface area contributed by atoms with Crippen LogP contribution < -0.4 is 5.32 Å². The van der Waals surface area contributed by atoms with Crippen LogP contribution in [0.1, 0.15) is 65.9 Å². The summed E-state index contributed by atoms with van der Waals surface area (Å²) in [4.78, 5) is 50.8. The van der Waals surface area contributed by atoms with Gasteiger partial charge in [-0.05, 0) is 81.6 Å². The van der Waals surface area contributed by atoms with E-state index in [0.29, 0.717) is 89.1 Å². The van der Waals surface area contributed by atoms with E-state index in [2.05, 4.69) is 21.3 Å². The molecule has 4 heterocycles. The smallest absolute Gasteiger partial charge is 0.410 e. The summed E-state index contributed by atoms with van der Waals surface area (Å²) in [6.07, 6.45) is 0.704. The van der Waals surface area contributed by atoms with E-state index in [1.54, 1.807) is 28.6 Å². The number of hydrogen-bond donors (Lipinski definition) is 2. The first-order chi connectivity index (χ1) is 25.7. The van der Waals surface area contributed by atoms with Crippen molar-refractivity contribution in [3.63, 3.8) is 0 Å². The number of anilines is 1. The Balaban J connectivity index is 1.12. The van der Waals surface area contributed by atoms with Crippen molar-refractivity contribution >= 4 is 46.4 Å². The molecule has 2 aromatic heterocycles. The zero-order valence-electron chi connectivity index (χ0n) is 30.7. The number of carbonyl (C=O) groups excluding carboxylic acids is 2. The van der Waals surface area contributed by atoms with E-state index in [1.807, 2.05) is 64.1 Å². The number of nitrogens with one attached hydrogen (secondary N) is 1. The molecule has 1 atom stereocenters. The summed E-state index contributed by atoms with van der Waals surface area (Å²) in [5.41, 5.74) is 6.45. The first kappa shape index (κ1) is 36.6. The Morgan fingerprint density at radius 1 is 1.09 bits per heavy atom. The van der Waals surface area contributed by atoms with Crippen LogP contribution in [0.4, 0.5) is 10.5 Å². The van der Waals surface area contributed by atoms with Crippen molar-refractivity contribution in [2.24, 2.45) is 13.0 Å². The van der Waals surface area contributed by atoms with Gasteiger partial charge >= 0.3 is 12.1 Å². The second-order valence-electron chi connectivity index (χ2n) is 14.8. The first-order valence-electron chi connectivity index (χ1n) is 17.7. The van der Waals surface area contributed by atoms with Gasteiger partial charge in [-0.15, -0.1) is 0 Å². The molecule has 1 unspecified atom stereocenters. The number of carboxylic acids is 1. The van der Waals surface area contributed by atoms with Gasteiger partial charge in [0.05, 0.1) is 34.4 Å². The zero-order valence-corrected chi connectivity index (χ0v) is 31.5. The average molecular weight is 750 g/mol. The predicted octanol–water partition coefficient (Wildman–Crippen LogP) is 7.18. The summed E-state index contributed by atoms with van der Waals surface area (Å²) in [6, 6.07) is 17.0. The van der Waals surface area contributed by atoms with Gasteiger partial charge in [-0.1, -0.05) is 35.9 Å². The number of imidazole rings is 1. The summed E-state index contributed by atoms with van der Waals surface area (Å²) in [7, 11) is 1.78. The lowest BCUT2D eigenvalue weighted by Gasteiger charge is -2.29. The van der Waals surface area contributed by atoms with E-state index in [9.17, 15) is 24.8 Å². The van der Waals surface area contributed by atoms with E-state index in [-0.39, 0.29) is 12.4 Å². The number of benzene rings is 3. The maximum Gasteiger partial charge on any atom is 0.410 e. The van der Waals surface area contributed by atoms with E-state index < -0.39 is 29.5 Å². The molecule has 1 saturated heterocycles. The molecule has 278 valence electrons. The van der Waals surface area contributed by atoms with Gasteiger partial charge in [-0.25, -0.2) is 14.8 Å². The van der Waals surface area contributed by atoms with E-state index >= 15 is 0 Å². The van der Waals surface area contributed by atoms with E-state index in [1.165, 1.54) is 0 Å². The Kier molecular flexibility index (Phi) is 9.68. The second kappa shape index (κ2) is 14.3. The minimum absolute atomic E-state index is 0.200. The van der Waals surface area contributed by atoms with Crippen LogP contribution in [0.5, 0.6) is 0 Å². The highest BCUT2D eigenvalue weighted by atomic mass is 35.5. The molecule has 7 rings (SSSR count). The Morgan fingerprint density at radius 3 is 2.56 bits per heavy atom. The predicted molar refractivity (Wildman–Crippen MR) is 202 cm³/mol. The maximum atomic E-state index is 13.6. The number of aliphatic carboxylic acids is 1. The number of carboxylic acid groups (broad SMARTS) is 1. The number of ether oxygens (including phenoxy) is 1. The summed E-state index contributed by atoms with van der Waals surface area (Å²) in [5, 5.41) is 22.6. The number of fused-ring (bicyclic) bond motifs is 2. The molecule has 1 fully saturated rings. The van der Waals surface area contributed by atoms with Crippen LogP contribution in [0.25, 0.3) is 33.7 Å². The molecular weight excluding hydrogens is 710 g/mol. The Labute approximate surface area is 317 Å². The number of nitriles is 1. The highest BCUT2D eigenvalue weighted by Crippen LogP contribution is 2.39. The number of halogens is 1. The molecule has 54 heavy (non-hydrogen) atoms. The molecule has 2 aliphatic heterocycles. The Morgan fingerprint density at radius 2 is 1.83 bits per heavy atom. The van der Waals surface area contributed by atoms with Crippen LogP contribution in [-0.4, -0.2) is 72.6 Å². The lowest BCUT2D eigenvalue weighted by molar-refractivity contribution is -0.141. The van der Waals surface area contributed by atoms with Crippen LogP contribution in [-0.2, 0) is 36.1 Å². The van der Waals surface area contributed by atoms with Crippen LogP contribution in [0.3, 0.4) is 0 Å². The third-order valence-corrected chi connectivity index (χ3v) is 10.3. The average Bonchev–Trinajstić information content (AvgIpc) is 3.86. The molecule has 5 aromatic rings. The molecule has 14 heteroatoms. The SMILES string of the molecule is Cc1c(-c2nc3cc(CN4CCC(C(=O)O)C4)cc(C#N)c3o2)cccc1-c1cccc(NC(=O)c2nc3c(n2C)CCN(C(=O)OC(C)(C)C)C3)c1Cl. The van der Waals surface area contributed by atoms with Crippen molar-refractivity contribution in [3.8, 4) is 28.7 Å². The van der Waals surface area contributed by atoms with Crippen molar-refractivity contribution in [1.29, 1.82) is 5.26 Å². The van der Waals surface area contributed by atoms with Gasteiger partial charge in [-0.3, -0.25) is 14.5 Å². The number of oxazole rings is 1. The Bertz CT molecular complexity index is 2370. The van der Waals surface area contributed by atoms with Crippen molar-refractivity contribution in [1.82, 2.24) is 24.3 Å². The van der Waals surface area contributed by atoms with Gasteiger partial charge in [0, 0.05) is 49.9 Å². The molecule has 2 aliphatic rings.